The van der Waals surface area contributed by atoms with Crippen LogP contribution < -0.4 is 0 Å². The van der Waals surface area contributed by atoms with Crippen LogP contribution in [0, 0.1) is 6.92 Å². The van der Waals surface area contributed by atoms with Gasteiger partial charge in [-0.15, -0.1) is 0 Å². The highest BCUT2D eigenvalue weighted by Crippen LogP contribution is 2.31. The molecule has 0 unspecified atom stereocenters. The largest absolute Gasteiger partial charge is 0.448 e. The molecule has 0 aliphatic carbocycles. The second kappa shape index (κ2) is 5.17. The van der Waals surface area contributed by atoms with Crippen molar-refractivity contribution in [2.24, 2.45) is 0 Å². The van der Waals surface area contributed by atoms with Gasteiger partial charge in [-0.3, -0.25) is 4.90 Å². The Bertz CT molecular complexity index is 989. The third kappa shape index (κ3) is 2.14. The molecule has 3 aromatic rings. The Morgan fingerprint density at radius 2 is 2.16 bits per heavy atom. The lowest BCUT2D eigenvalue weighted by Crippen LogP contribution is -2.24. The second-order valence-corrected chi connectivity index (χ2v) is 6.21. The zero-order chi connectivity index (χ0) is 17.0. The van der Waals surface area contributed by atoms with Crippen LogP contribution in [0.25, 0.3) is 17.1 Å². The molecule has 126 valence electrons. The molecule has 1 aromatic carbocycles. The first-order chi connectivity index (χ1) is 12.2. The summed E-state index contributed by atoms with van der Waals surface area (Å²) in [5.74, 6) is 1.43. The standard InChI is InChI=1S/C17H16N6O2/c1-11-14-8-23-16(12-4-2-3-5-13(12)22(14)10-18-11)19-15(20-23)9-21-6-7-25-17(21)24/h2-5,10H,6-9H2,1H3. The molecule has 2 aromatic heterocycles. The molecule has 5 rings (SSSR count). The highest BCUT2D eigenvalue weighted by molar-refractivity contribution is 5.70. The first-order valence-corrected chi connectivity index (χ1v) is 8.19. The van der Waals surface area contributed by atoms with Crippen molar-refractivity contribution in [1.29, 1.82) is 0 Å². The van der Waals surface area contributed by atoms with Crippen LogP contribution >= 0.6 is 0 Å². The number of imidazole rings is 1. The number of para-hydroxylation sites is 1. The van der Waals surface area contributed by atoms with Gasteiger partial charge in [0.15, 0.2) is 11.6 Å². The van der Waals surface area contributed by atoms with Crippen LogP contribution in [-0.4, -0.2) is 48.5 Å². The molecule has 0 atom stereocenters. The van der Waals surface area contributed by atoms with E-state index >= 15 is 0 Å². The Labute approximate surface area is 143 Å². The van der Waals surface area contributed by atoms with Crippen LogP contribution in [0.5, 0.6) is 0 Å². The van der Waals surface area contributed by atoms with Gasteiger partial charge < -0.3 is 9.30 Å². The average molecular weight is 336 g/mol. The monoisotopic (exact) mass is 336 g/mol. The summed E-state index contributed by atoms with van der Waals surface area (Å²) in [7, 11) is 0. The number of hydrogen-bond acceptors (Lipinski definition) is 5. The van der Waals surface area contributed by atoms with E-state index in [0.29, 0.717) is 32.1 Å². The first-order valence-electron chi connectivity index (χ1n) is 8.19. The van der Waals surface area contributed by atoms with Crippen molar-refractivity contribution in [1.82, 2.24) is 29.2 Å². The van der Waals surface area contributed by atoms with Gasteiger partial charge in [-0.05, 0) is 19.1 Å². The number of fused-ring (bicyclic) bond motifs is 5. The maximum absolute atomic E-state index is 11.7. The van der Waals surface area contributed by atoms with Crippen molar-refractivity contribution >= 4 is 6.09 Å². The van der Waals surface area contributed by atoms with Gasteiger partial charge in [0.1, 0.15) is 6.61 Å². The number of ether oxygens (including phenoxy) is 1. The minimum atomic E-state index is -0.306. The second-order valence-electron chi connectivity index (χ2n) is 6.21. The van der Waals surface area contributed by atoms with Crippen molar-refractivity contribution in [2.75, 3.05) is 13.2 Å². The van der Waals surface area contributed by atoms with Gasteiger partial charge in [0.2, 0.25) is 0 Å². The van der Waals surface area contributed by atoms with E-state index in [0.717, 1.165) is 28.5 Å². The minimum Gasteiger partial charge on any atom is -0.448 e. The molecule has 0 N–H and O–H groups in total. The summed E-state index contributed by atoms with van der Waals surface area (Å²) in [4.78, 5) is 22.5. The summed E-state index contributed by atoms with van der Waals surface area (Å²) in [5, 5.41) is 4.64. The molecule has 2 aliphatic heterocycles. The molecule has 25 heavy (non-hydrogen) atoms. The molecule has 8 heteroatoms. The average Bonchev–Trinajstić information content (AvgIpc) is 3.28. The van der Waals surface area contributed by atoms with E-state index in [9.17, 15) is 4.79 Å². The van der Waals surface area contributed by atoms with Crippen LogP contribution in [0.2, 0.25) is 0 Å². The van der Waals surface area contributed by atoms with Crippen LogP contribution in [0.15, 0.2) is 30.6 Å². The highest BCUT2D eigenvalue weighted by atomic mass is 16.6. The Balaban J connectivity index is 1.62. The van der Waals surface area contributed by atoms with Crippen LogP contribution in [0.3, 0.4) is 0 Å². The summed E-state index contributed by atoms with van der Waals surface area (Å²) < 4.78 is 8.97. The molecule has 0 saturated carbocycles. The van der Waals surface area contributed by atoms with Gasteiger partial charge in [0.05, 0.1) is 43.0 Å². The van der Waals surface area contributed by atoms with Crippen molar-refractivity contribution in [3.8, 4) is 17.1 Å². The molecular formula is C17H16N6O2. The van der Waals surface area contributed by atoms with E-state index in [-0.39, 0.29) is 6.09 Å². The Hall–Kier alpha value is -3.16. The van der Waals surface area contributed by atoms with E-state index in [1.807, 2.05) is 36.1 Å². The maximum atomic E-state index is 11.7. The molecule has 1 saturated heterocycles. The van der Waals surface area contributed by atoms with Crippen molar-refractivity contribution in [3.63, 3.8) is 0 Å². The summed E-state index contributed by atoms with van der Waals surface area (Å²) >= 11 is 0. The van der Waals surface area contributed by atoms with Gasteiger partial charge in [0, 0.05) is 5.56 Å². The zero-order valence-electron chi connectivity index (χ0n) is 13.7. The van der Waals surface area contributed by atoms with Crippen LogP contribution in [-0.2, 0) is 17.8 Å². The molecule has 1 fully saturated rings. The van der Waals surface area contributed by atoms with Crippen molar-refractivity contribution in [3.05, 3.63) is 47.8 Å². The van der Waals surface area contributed by atoms with Gasteiger partial charge >= 0.3 is 6.09 Å². The minimum absolute atomic E-state index is 0.306. The smallest absolute Gasteiger partial charge is 0.410 e. The van der Waals surface area contributed by atoms with Gasteiger partial charge in [0.25, 0.3) is 0 Å². The molecule has 2 aliphatic rings. The van der Waals surface area contributed by atoms with E-state index in [1.54, 1.807) is 4.90 Å². The molecule has 1 amide bonds. The van der Waals surface area contributed by atoms with Crippen LogP contribution in [0.4, 0.5) is 4.79 Å². The molecule has 0 spiro atoms. The predicted octanol–water partition coefficient (Wildman–Crippen LogP) is 1.75. The zero-order valence-corrected chi connectivity index (χ0v) is 13.7. The van der Waals surface area contributed by atoms with Gasteiger partial charge in [-0.1, -0.05) is 12.1 Å². The summed E-state index contributed by atoms with van der Waals surface area (Å²) in [6.07, 6.45) is 1.54. The maximum Gasteiger partial charge on any atom is 0.410 e. The number of rotatable bonds is 2. The number of carbonyl (C=O) groups is 1. The lowest BCUT2D eigenvalue weighted by atomic mass is 10.1. The van der Waals surface area contributed by atoms with E-state index in [1.165, 1.54) is 0 Å². The lowest BCUT2D eigenvalue weighted by molar-refractivity contribution is 0.156. The van der Waals surface area contributed by atoms with E-state index in [4.69, 9.17) is 9.72 Å². The summed E-state index contributed by atoms with van der Waals surface area (Å²) in [5.41, 5.74) is 4.10. The number of aryl methyl sites for hydroxylation is 1. The fourth-order valence-electron chi connectivity index (χ4n) is 3.38. The number of cyclic esters (lactones) is 1. The Kier molecular flexibility index (Phi) is 2.94. The van der Waals surface area contributed by atoms with Crippen molar-refractivity contribution < 1.29 is 9.53 Å². The highest BCUT2D eigenvalue weighted by Gasteiger charge is 2.27. The van der Waals surface area contributed by atoms with E-state index < -0.39 is 0 Å². The molecule has 8 nitrogen and oxygen atoms in total. The van der Waals surface area contributed by atoms with Gasteiger partial charge in [-0.25, -0.2) is 19.4 Å². The van der Waals surface area contributed by atoms with Crippen molar-refractivity contribution in [2.45, 2.75) is 20.0 Å². The number of carbonyl (C=O) groups excluding carboxylic acids is 1. The number of nitrogens with zero attached hydrogens (tertiary/aromatic N) is 6. The summed E-state index contributed by atoms with van der Waals surface area (Å²) in [6.45, 7) is 3.95. The third-order valence-electron chi connectivity index (χ3n) is 4.67. The first kappa shape index (κ1) is 14.2. The Morgan fingerprint density at radius 1 is 1.28 bits per heavy atom. The predicted molar refractivity (Wildman–Crippen MR) is 88.2 cm³/mol. The van der Waals surface area contributed by atoms with Crippen LogP contribution in [0.1, 0.15) is 17.2 Å². The number of hydrogen-bond donors (Lipinski definition) is 0. The molecule has 0 bridgehead atoms. The lowest BCUT2D eigenvalue weighted by Gasteiger charge is -2.09. The van der Waals surface area contributed by atoms with E-state index in [2.05, 4.69) is 20.7 Å². The number of benzene rings is 1. The number of amides is 1. The normalized spacial score (nSPS) is 15.4. The number of aromatic nitrogens is 5. The topological polar surface area (TPSA) is 78.1 Å². The third-order valence-corrected chi connectivity index (χ3v) is 4.67. The fourth-order valence-corrected chi connectivity index (χ4v) is 3.38. The Morgan fingerprint density at radius 3 is 3.00 bits per heavy atom. The quantitative estimate of drug-likeness (QED) is 0.557. The van der Waals surface area contributed by atoms with Gasteiger partial charge in [-0.2, -0.15) is 5.10 Å². The fraction of sp³-hybridized carbons (Fsp3) is 0.294. The molecular weight excluding hydrogens is 320 g/mol. The molecule has 4 heterocycles. The SMILES string of the molecule is Cc1ncn2c1Cn1nc(CN3CCOC3=O)nc1-c1ccccc1-2. The molecule has 0 radical (unpaired) electrons. The summed E-state index contributed by atoms with van der Waals surface area (Å²) in [6, 6.07) is 8.09.